The van der Waals surface area contributed by atoms with Gasteiger partial charge in [-0.1, -0.05) is 43.3 Å². The Labute approximate surface area is 230 Å². The Morgan fingerprint density at radius 3 is 2.15 bits per heavy atom. The van der Waals surface area contributed by atoms with Gasteiger partial charge in [0.05, 0.1) is 16.1 Å². The van der Waals surface area contributed by atoms with Gasteiger partial charge >= 0.3 is 6.18 Å². The van der Waals surface area contributed by atoms with E-state index in [1.807, 2.05) is 0 Å². The van der Waals surface area contributed by atoms with Gasteiger partial charge in [0.15, 0.2) is 0 Å². The Bertz CT molecular complexity index is 1420. The molecule has 3 rings (SSSR count). The molecule has 0 saturated carbocycles. The predicted molar refractivity (Wildman–Crippen MR) is 142 cm³/mol. The van der Waals surface area contributed by atoms with Crippen LogP contribution in [0.4, 0.5) is 23.2 Å². The molecule has 0 fully saturated rings. The van der Waals surface area contributed by atoms with Gasteiger partial charge in [-0.3, -0.25) is 13.9 Å². The normalized spacial score (nSPS) is 12.4. The molecule has 0 aliphatic rings. The van der Waals surface area contributed by atoms with Crippen LogP contribution >= 0.6 is 0 Å². The van der Waals surface area contributed by atoms with Crippen LogP contribution in [0.15, 0.2) is 83.8 Å². The van der Waals surface area contributed by atoms with Gasteiger partial charge in [0.25, 0.3) is 10.0 Å². The highest BCUT2D eigenvalue weighted by atomic mass is 32.2. The molecule has 1 N–H and O–H groups in total. The lowest BCUT2D eigenvalue weighted by molar-refractivity contribution is -0.140. The number of likely N-dealkylation sites (N-methyl/N-ethyl adjacent to an activating group) is 1. The number of anilines is 1. The second-order valence-electron chi connectivity index (χ2n) is 8.84. The molecule has 0 heterocycles. The standard InChI is InChI=1S/C28H29F4N3O4S/c1-3-25(27(37)33-4-2)34(18-20-13-15-22(29)16-14-20)26(36)19-35(40(38,39)24-11-6-5-7-12-24)23-10-8-9-21(17-23)28(30,31)32/h5-17,25H,3-4,18-19H2,1-2H3,(H,33,37). The number of amides is 2. The molecule has 7 nitrogen and oxygen atoms in total. The largest absolute Gasteiger partial charge is 0.416 e. The van der Waals surface area contributed by atoms with Crippen molar-refractivity contribution in [1.29, 1.82) is 0 Å². The van der Waals surface area contributed by atoms with Crippen LogP contribution < -0.4 is 9.62 Å². The van der Waals surface area contributed by atoms with Gasteiger partial charge in [-0.05, 0) is 61.4 Å². The summed E-state index contributed by atoms with van der Waals surface area (Å²) in [7, 11) is -4.52. The Hall–Kier alpha value is -3.93. The number of carbonyl (C=O) groups excluding carboxylic acids is 2. The lowest BCUT2D eigenvalue weighted by atomic mass is 10.1. The zero-order valence-electron chi connectivity index (χ0n) is 21.9. The maximum absolute atomic E-state index is 13.8. The number of benzene rings is 3. The molecule has 3 aromatic rings. The third-order valence-electron chi connectivity index (χ3n) is 6.07. The summed E-state index contributed by atoms with van der Waals surface area (Å²) in [6.45, 7) is 2.56. The Balaban J connectivity index is 2.10. The van der Waals surface area contributed by atoms with E-state index in [9.17, 15) is 35.6 Å². The summed E-state index contributed by atoms with van der Waals surface area (Å²) >= 11 is 0. The molecular weight excluding hydrogens is 550 g/mol. The number of sulfonamides is 1. The molecule has 1 unspecified atom stereocenters. The quantitative estimate of drug-likeness (QED) is 0.325. The van der Waals surface area contributed by atoms with Crippen LogP contribution in [0.1, 0.15) is 31.4 Å². The van der Waals surface area contributed by atoms with Gasteiger partial charge in [0, 0.05) is 13.1 Å². The van der Waals surface area contributed by atoms with Gasteiger partial charge < -0.3 is 10.2 Å². The molecule has 0 aliphatic heterocycles. The van der Waals surface area contributed by atoms with Gasteiger partial charge in [-0.2, -0.15) is 13.2 Å². The molecule has 214 valence electrons. The van der Waals surface area contributed by atoms with E-state index in [0.29, 0.717) is 15.9 Å². The predicted octanol–water partition coefficient (Wildman–Crippen LogP) is 4.98. The SMILES string of the molecule is CCNC(=O)C(CC)N(Cc1ccc(F)cc1)C(=O)CN(c1cccc(C(F)(F)F)c1)S(=O)(=O)c1ccccc1. The Morgan fingerprint density at radius 1 is 0.925 bits per heavy atom. The first-order valence-corrected chi connectivity index (χ1v) is 13.9. The summed E-state index contributed by atoms with van der Waals surface area (Å²) in [5.74, 6) is -1.83. The van der Waals surface area contributed by atoms with Crippen molar-refractivity contribution in [2.75, 3.05) is 17.4 Å². The van der Waals surface area contributed by atoms with Crippen LogP contribution in [0, 0.1) is 5.82 Å². The first-order valence-electron chi connectivity index (χ1n) is 12.4. The number of hydrogen-bond acceptors (Lipinski definition) is 4. The summed E-state index contributed by atoms with van der Waals surface area (Å²) in [5, 5.41) is 2.64. The molecular formula is C28H29F4N3O4S. The Kier molecular flexibility index (Phi) is 9.91. The van der Waals surface area contributed by atoms with E-state index < -0.39 is 52.0 Å². The number of carbonyl (C=O) groups is 2. The van der Waals surface area contributed by atoms with Crippen molar-refractivity contribution < 1.29 is 35.6 Å². The molecule has 0 aliphatic carbocycles. The van der Waals surface area contributed by atoms with Crippen LogP contribution in [-0.2, 0) is 32.3 Å². The van der Waals surface area contributed by atoms with E-state index in [1.165, 1.54) is 48.5 Å². The summed E-state index contributed by atoms with van der Waals surface area (Å²) < 4.78 is 82.0. The van der Waals surface area contributed by atoms with Crippen LogP contribution in [0.5, 0.6) is 0 Å². The van der Waals surface area contributed by atoms with Crippen molar-refractivity contribution in [2.45, 2.75) is 43.9 Å². The zero-order valence-corrected chi connectivity index (χ0v) is 22.7. The van der Waals surface area contributed by atoms with E-state index in [1.54, 1.807) is 19.9 Å². The topological polar surface area (TPSA) is 86.8 Å². The second-order valence-corrected chi connectivity index (χ2v) is 10.7. The second kappa shape index (κ2) is 12.9. The molecule has 2 amide bonds. The van der Waals surface area contributed by atoms with Crippen molar-refractivity contribution in [2.24, 2.45) is 0 Å². The molecule has 0 spiro atoms. The maximum atomic E-state index is 13.8. The molecule has 12 heteroatoms. The van der Waals surface area contributed by atoms with Crippen molar-refractivity contribution in [3.63, 3.8) is 0 Å². The third kappa shape index (κ3) is 7.38. The highest BCUT2D eigenvalue weighted by Crippen LogP contribution is 2.33. The fourth-order valence-corrected chi connectivity index (χ4v) is 5.51. The van der Waals surface area contributed by atoms with E-state index in [-0.39, 0.29) is 30.1 Å². The first kappa shape index (κ1) is 30.6. The summed E-state index contributed by atoms with van der Waals surface area (Å²) in [5.41, 5.74) is -1.00. The van der Waals surface area contributed by atoms with Crippen molar-refractivity contribution in [1.82, 2.24) is 10.2 Å². The average molecular weight is 580 g/mol. The molecule has 40 heavy (non-hydrogen) atoms. The van der Waals surface area contributed by atoms with Gasteiger partial charge in [0.2, 0.25) is 11.8 Å². The number of rotatable bonds is 11. The fourth-order valence-electron chi connectivity index (χ4n) is 4.08. The first-order chi connectivity index (χ1) is 18.9. The van der Waals surface area contributed by atoms with Gasteiger partial charge in [-0.25, -0.2) is 12.8 Å². The van der Waals surface area contributed by atoms with Crippen molar-refractivity contribution in [3.8, 4) is 0 Å². The van der Waals surface area contributed by atoms with Crippen molar-refractivity contribution >= 4 is 27.5 Å². The smallest absolute Gasteiger partial charge is 0.355 e. The lowest BCUT2D eigenvalue weighted by Gasteiger charge is -2.33. The van der Waals surface area contributed by atoms with Crippen molar-refractivity contribution in [3.05, 3.63) is 95.8 Å². The van der Waals surface area contributed by atoms with Crippen LogP contribution in [0.2, 0.25) is 0 Å². The zero-order chi connectivity index (χ0) is 29.5. The van der Waals surface area contributed by atoms with Crippen LogP contribution in [-0.4, -0.2) is 44.3 Å². The van der Waals surface area contributed by atoms with E-state index in [4.69, 9.17) is 0 Å². The minimum absolute atomic E-state index is 0.160. The van der Waals surface area contributed by atoms with Gasteiger partial charge in [-0.15, -0.1) is 0 Å². The molecule has 0 saturated heterocycles. The number of halogens is 4. The maximum Gasteiger partial charge on any atom is 0.416 e. The van der Waals surface area contributed by atoms with Crippen LogP contribution in [0.3, 0.4) is 0 Å². The minimum atomic E-state index is -4.76. The molecule has 3 aromatic carbocycles. The number of nitrogens with zero attached hydrogens (tertiary/aromatic N) is 2. The van der Waals surface area contributed by atoms with E-state index in [2.05, 4.69) is 5.32 Å². The molecule has 0 bridgehead atoms. The highest BCUT2D eigenvalue weighted by molar-refractivity contribution is 7.92. The molecule has 0 radical (unpaired) electrons. The fraction of sp³-hybridized carbons (Fsp3) is 0.286. The highest BCUT2D eigenvalue weighted by Gasteiger charge is 2.35. The van der Waals surface area contributed by atoms with Gasteiger partial charge in [0.1, 0.15) is 18.4 Å². The van der Waals surface area contributed by atoms with E-state index in [0.717, 1.165) is 23.1 Å². The average Bonchev–Trinajstić information content (AvgIpc) is 2.92. The van der Waals surface area contributed by atoms with Crippen LogP contribution in [0.25, 0.3) is 0 Å². The molecule has 1 atom stereocenters. The lowest BCUT2D eigenvalue weighted by Crippen LogP contribution is -2.52. The third-order valence-corrected chi connectivity index (χ3v) is 7.86. The molecule has 0 aromatic heterocycles. The summed E-state index contributed by atoms with van der Waals surface area (Å²) in [6.07, 6.45) is -4.60. The monoisotopic (exact) mass is 579 g/mol. The number of hydrogen-bond donors (Lipinski definition) is 1. The summed E-state index contributed by atoms with van der Waals surface area (Å²) in [4.78, 5) is 27.6. The minimum Gasteiger partial charge on any atom is -0.355 e. The number of nitrogens with one attached hydrogen (secondary N) is 1. The number of alkyl halides is 3. The summed E-state index contributed by atoms with van der Waals surface area (Å²) in [6, 6.07) is 14.8. The Morgan fingerprint density at radius 2 is 1.57 bits per heavy atom. The van der Waals surface area contributed by atoms with E-state index >= 15 is 0 Å².